The molecular weight excluding hydrogens is 621 g/mol. The van der Waals surface area contributed by atoms with Crippen molar-refractivity contribution in [2.45, 2.75) is 47.3 Å². The van der Waals surface area contributed by atoms with Crippen LogP contribution in [0, 0.1) is 6.92 Å². The molecule has 0 saturated carbocycles. The number of nitrogen functional groups attached to an aromatic ring is 3. The number of hydrogen-bond donors (Lipinski definition) is 4. The zero-order valence-electron chi connectivity index (χ0n) is 22.8. The zero-order chi connectivity index (χ0) is 29.0. The van der Waals surface area contributed by atoms with Crippen molar-refractivity contribution < 1.29 is 0 Å². The Morgan fingerprint density at radius 3 is 1.44 bits per heavy atom. The van der Waals surface area contributed by atoms with Crippen molar-refractivity contribution in [2.24, 2.45) is 5.73 Å². The quantitative estimate of drug-likeness (QED) is 0.0704. The van der Waals surface area contributed by atoms with E-state index >= 15 is 0 Å². The van der Waals surface area contributed by atoms with Crippen molar-refractivity contribution in [1.82, 2.24) is 0 Å². The summed E-state index contributed by atoms with van der Waals surface area (Å²) < 4.78 is 0. The molecule has 0 amide bonds. The number of anilines is 3. The van der Waals surface area contributed by atoms with E-state index in [4.69, 9.17) is 22.9 Å². The molecule has 4 rings (SSSR count). The molecule has 4 aromatic carbocycles. The molecule has 4 aromatic rings. The van der Waals surface area contributed by atoms with Crippen molar-refractivity contribution in [3.05, 3.63) is 103 Å². The van der Waals surface area contributed by atoms with Gasteiger partial charge in [-0.15, -0.1) is 0 Å². The van der Waals surface area contributed by atoms with Crippen LogP contribution in [0.25, 0.3) is 0 Å². The van der Waals surface area contributed by atoms with Gasteiger partial charge in [0.05, 0.1) is 0 Å². The van der Waals surface area contributed by atoms with Crippen LogP contribution >= 0.6 is 64.8 Å². The van der Waals surface area contributed by atoms with Crippen LogP contribution in [-0.2, 0) is 0 Å². The van der Waals surface area contributed by atoms with Crippen LogP contribution in [0.5, 0.6) is 0 Å². The van der Waals surface area contributed by atoms with Gasteiger partial charge in [-0.3, -0.25) is 0 Å². The maximum absolute atomic E-state index is 5.86. The minimum absolute atomic E-state index is 0. The van der Waals surface area contributed by atoms with E-state index in [1.54, 1.807) is 43.2 Å². The lowest BCUT2D eigenvalue weighted by Gasteiger charge is -2.05. The highest BCUT2D eigenvalue weighted by molar-refractivity contribution is 8.77. The number of nitrogens with two attached hydrogens (primary N) is 4. The molecule has 0 aromatic heterocycles. The van der Waals surface area contributed by atoms with Gasteiger partial charge in [0, 0.05) is 54.7 Å². The highest BCUT2D eigenvalue weighted by Gasteiger charge is 2.03. The first-order valence-electron chi connectivity index (χ1n) is 12.7. The molecule has 41 heavy (non-hydrogen) atoms. The number of hydrogen-bond acceptors (Lipinski definition) is 10. The molecule has 0 heterocycles. The third-order valence-electron chi connectivity index (χ3n) is 4.77. The summed E-state index contributed by atoms with van der Waals surface area (Å²) in [5.74, 6) is 2.34. The van der Waals surface area contributed by atoms with E-state index in [0.717, 1.165) is 39.2 Å². The van der Waals surface area contributed by atoms with Gasteiger partial charge in [0.25, 0.3) is 0 Å². The summed E-state index contributed by atoms with van der Waals surface area (Å²) in [6.45, 7) is 5.10. The average Bonchev–Trinajstić information content (AvgIpc) is 2.97. The van der Waals surface area contributed by atoms with Crippen LogP contribution in [0.3, 0.4) is 0 Å². The van der Waals surface area contributed by atoms with Gasteiger partial charge in [0.1, 0.15) is 0 Å². The van der Waals surface area contributed by atoms with Gasteiger partial charge in [-0.2, -0.15) is 0 Å². The molecule has 8 N–H and O–H groups in total. The predicted octanol–water partition coefficient (Wildman–Crippen LogP) is 10.4. The Balaban J connectivity index is 0.000000322. The molecule has 10 heteroatoms. The Labute approximate surface area is 270 Å². The maximum Gasteiger partial charge on any atom is 0.0461 e. The summed E-state index contributed by atoms with van der Waals surface area (Å²) in [5, 5.41) is 0. The number of rotatable bonds is 11. The second kappa shape index (κ2) is 22.9. The topological polar surface area (TPSA) is 104 Å². The van der Waals surface area contributed by atoms with Crippen molar-refractivity contribution >= 4 is 81.8 Å². The fourth-order valence-electron chi connectivity index (χ4n) is 2.67. The highest BCUT2D eigenvalue weighted by Crippen LogP contribution is 2.41. The summed E-state index contributed by atoms with van der Waals surface area (Å²) in [5.41, 5.74) is 26.3. The monoisotopic (exact) mass is 662 g/mol. The molecule has 0 aliphatic rings. The second-order valence-corrected chi connectivity index (χ2v) is 15.4. The zero-order valence-corrected chi connectivity index (χ0v) is 27.7. The minimum atomic E-state index is 0. The fraction of sp³-hybridized carbons (Fsp3) is 0.226. The average molecular weight is 663 g/mol. The molecule has 0 aliphatic carbocycles. The first-order chi connectivity index (χ1) is 19.4. The summed E-state index contributed by atoms with van der Waals surface area (Å²) >= 11 is 0. The lowest BCUT2D eigenvalue weighted by atomic mass is 10.2. The standard InChI is InChI=1S/C13H13NS2.C12H12N2S2.C5H13NS2.CH4/c1-10-2-6-12(7-3-10)15-16-13-8-4-11(14)5-9-13;13-9-5-1-3-7-11(9)15-16-12-8-4-2-6-10(12)14;1-2-4-7-8-5-3-6;/h2-9H,14H2,1H3;1-8H,13-14H2;2-6H2,1H3;1H4. The van der Waals surface area contributed by atoms with Crippen molar-refractivity contribution in [3.63, 3.8) is 0 Å². The van der Waals surface area contributed by atoms with Crippen LogP contribution in [0.2, 0.25) is 0 Å². The smallest absolute Gasteiger partial charge is 0.0461 e. The number of para-hydroxylation sites is 2. The third kappa shape index (κ3) is 16.5. The van der Waals surface area contributed by atoms with E-state index in [1.807, 2.05) is 94.4 Å². The van der Waals surface area contributed by atoms with E-state index in [-0.39, 0.29) is 7.43 Å². The van der Waals surface area contributed by atoms with Gasteiger partial charge < -0.3 is 22.9 Å². The molecule has 0 aliphatic heterocycles. The molecular formula is C31H42N4S6. The minimum Gasteiger partial charge on any atom is -0.399 e. The van der Waals surface area contributed by atoms with Crippen molar-refractivity contribution in [2.75, 3.05) is 35.3 Å². The number of aryl methyl sites for hydroxylation is 1. The van der Waals surface area contributed by atoms with E-state index in [9.17, 15) is 0 Å². The van der Waals surface area contributed by atoms with Crippen LogP contribution in [0.15, 0.2) is 117 Å². The maximum atomic E-state index is 5.86. The SMILES string of the molecule is C.CCCSSCCN.Cc1ccc(SSc2ccc(N)cc2)cc1.Nc1ccccc1SSc1ccccc1N. The lowest BCUT2D eigenvalue weighted by molar-refractivity contribution is 1.11. The third-order valence-corrected chi connectivity index (χ3v) is 12.3. The van der Waals surface area contributed by atoms with Crippen molar-refractivity contribution in [3.8, 4) is 0 Å². The van der Waals surface area contributed by atoms with Gasteiger partial charge in [-0.25, -0.2) is 0 Å². The first kappa shape index (κ1) is 37.4. The van der Waals surface area contributed by atoms with E-state index in [1.165, 1.54) is 27.5 Å². The van der Waals surface area contributed by atoms with Gasteiger partial charge in [0.2, 0.25) is 0 Å². The molecule has 0 unspecified atom stereocenters. The normalized spacial score (nSPS) is 9.93. The largest absolute Gasteiger partial charge is 0.399 e. The Morgan fingerprint density at radius 2 is 1.00 bits per heavy atom. The first-order valence-corrected chi connectivity index (χ1v) is 19.5. The van der Waals surface area contributed by atoms with E-state index in [0.29, 0.717) is 0 Å². The van der Waals surface area contributed by atoms with Crippen LogP contribution in [-0.4, -0.2) is 18.1 Å². The molecule has 0 bridgehead atoms. The Hall–Kier alpha value is -1.66. The summed E-state index contributed by atoms with van der Waals surface area (Å²) in [6.07, 6.45) is 1.27. The highest BCUT2D eigenvalue weighted by atomic mass is 33.1. The van der Waals surface area contributed by atoms with Crippen LogP contribution in [0.1, 0.15) is 26.3 Å². The summed E-state index contributed by atoms with van der Waals surface area (Å²) in [4.78, 5) is 4.62. The molecule has 0 saturated heterocycles. The Bertz CT molecular complexity index is 1130. The molecule has 0 spiro atoms. The van der Waals surface area contributed by atoms with Gasteiger partial charge in [-0.05, 0) is 74.0 Å². The molecule has 4 nitrogen and oxygen atoms in total. The predicted molar refractivity (Wildman–Crippen MR) is 198 cm³/mol. The fourth-order valence-corrected chi connectivity index (χ4v) is 8.82. The molecule has 0 radical (unpaired) electrons. The molecule has 222 valence electrons. The van der Waals surface area contributed by atoms with Crippen molar-refractivity contribution in [1.29, 1.82) is 0 Å². The van der Waals surface area contributed by atoms with Gasteiger partial charge in [0.15, 0.2) is 0 Å². The number of benzene rings is 4. The van der Waals surface area contributed by atoms with E-state index < -0.39 is 0 Å². The van der Waals surface area contributed by atoms with E-state index in [2.05, 4.69) is 38.1 Å². The van der Waals surface area contributed by atoms with Gasteiger partial charge in [-0.1, -0.05) is 121 Å². The Morgan fingerprint density at radius 1 is 0.561 bits per heavy atom. The van der Waals surface area contributed by atoms with Gasteiger partial charge >= 0.3 is 0 Å². The Kier molecular flexibility index (Phi) is 20.8. The van der Waals surface area contributed by atoms with Crippen LogP contribution in [0.4, 0.5) is 17.1 Å². The van der Waals surface area contributed by atoms with Crippen LogP contribution < -0.4 is 22.9 Å². The summed E-state index contributed by atoms with van der Waals surface area (Å²) in [6, 6.07) is 32.1. The second-order valence-electron chi connectivity index (χ2n) is 8.22. The summed E-state index contributed by atoms with van der Waals surface area (Å²) in [7, 11) is 10.5. The molecule has 0 fully saturated rings. The molecule has 0 atom stereocenters. The lowest BCUT2D eigenvalue weighted by Crippen LogP contribution is -1.99.